The van der Waals surface area contributed by atoms with Gasteiger partial charge in [-0.25, -0.2) is 0 Å². The zero-order valence-corrected chi connectivity index (χ0v) is 15.5. The smallest absolute Gasteiger partial charge is 0.238 e. The average molecular weight is 354 g/mol. The van der Waals surface area contributed by atoms with Crippen LogP contribution in [0.2, 0.25) is 0 Å². The maximum atomic E-state index is 12.7. The normalized spacial score (nSPS) is 17.2. The van der Waals surface area contributed by atoms with Gasteiger partial charge in [-0.05, 0) is 23.6 Å². The summed E-state index contributed by atoms with van der Waals surface area (Å²) >= 11 is 1.59. The number of hydrogen-bond donors (Lipinski definition) is 1. The van der Waals surface area contributed by atoms with Crippen molar-refractivity contribution in [3.05, 3.63) is 59.7 Å². The number of carbonyl (C=O) groups excluding carboxylic acids is 2. The molecule has 0 aliphatic carbocycles. The first-order chi connectivity index (χ1) is 12.0. The second-order valence-corrected chi connectivity index (χ2v) is 7.48. The van der Waals surface area contributed by atoms with Gasteiger partial charge in [-0.2, -0.15) is 0 Å². The third-order valence-electron chi connectivity index (χ3n) is 4.22. The van der Waals surface area contributed by atoms with Crippen LogP contribution in [0, 0.1) is 0 Å². The maximum Gasteiger partial charge on any atom is 0.238 e. The highest BCUT2D eigenvalue weighted by Crippen LogP contribution is 2.45. The first-order valence-corrected chi connectivity index (χ1v) is 9.43. The van der Waals surface area contributed by atoms with Crippen molar-refractivity contribution in [2.24, 2.45) is 0 Å². The van der Waals surface area contributed by atoms with Crippen LogP contribution in [0.15, 0.2) is 48.5 Å². The topological polar surface area (TPSA) is 49.4 Å². The minimum atomic E-state index is -0.143. The summed E-state index contributed by atoms with van der Waals surface area (Å²) in [6.45, 7) is 5.76. The number of anilines is 2. The highest BCUT2D eigenvalue weighted by molar-refractivity contribution is 8.00. The Morgan fingerprint density at radius 3 is 2.56 bits per heavy atom. The molecule has 0 saturated carbocycles. The molecule has 25 heavy (non-hydrogen) atoms. The lowest BCUT2D eigenvalue weighted by molar-refractivity contribution is -0.116. The third-order valence-corrected chi connectivity index (χ3v) is 5.42. The van der Waals surface area contributed by atoms with Gasteiger partial charge in [0.1, 0.15) is 5.37 Å². The minimum Gasteiger partial charge on any atom is -0.326 e. The Kier molecular flexibility index (Phi) is 5.13. The fourth-order valence-corrected chi connectivity index (χ4v) is 4.33. The van der Waals surface area contributed by atoms with E-state index in [1.165, 1.54) is 6.92 Å². The van der Waals surface area contributed by atoms with E-state index in [-0.39, 0.29) is 17.2 Å². The second kappa shape index (κ2) is 7.31. The molecule has 5 heteroatoms. The summed E-state index contributed by atoms with van der Waals surface area (Å²) in [7, 11) is 0. The number of benzene rings is 2. The second-order valence-electron chi connectivity index (χ2n) is 6.41. The van der Waals surface area contributed by atoms with Gasteiger partial charge in [0.25, 0.3) is 0 Å². The fourth-order valence-electron chi connectivity index (χ4n) is 3.13. The first kappa shape index (κ1) is 17.5. The number of rotatable bonds is 4. The van der Waals surface area contributed by atoms with Crippen LogP contribution in [0.4, 0.5) is 11.4 Å². The lowest BCUT2D eigenvalue weighted by Gasteiger charge is -2.28. The van der Waals surface area contributed by atoms with E-state index in [2.05, 4.69) is 25.2 Å². The lowest BCUT2D eigenvalue weighted by Crippen LogP contribution is -2.29. The van der Waals surface area contributed by atoms with Gasteiger partial charge >= 0.3 is 0 Å². The number of para-hydroxylation sites is 2. The van der Waals surface area contributed by atoms with Crippen molar-refractivity contribution in [3.63, 3.8) is 0 Å². The number of amides is 2. The summed E-state index contributed by atoms with van der Waals surface area (Å²) in [5, 5.41) is 2.74. The molecule has 0 spiro atoms. The van der Waals surface area contributed by atoms with Crippen molar-refractivity contribution in [2.45, 2.75) is 32.1 Å². The Labute approximate surface area is 152 Å². The fraction of sp³-hybridized carbons (Fsp3) is 0.300. The molecule has 3 rings (SSSR count). The third kappa shape index (κ3) is 3.56. The summed E-state index contributed by atoms with van der Waals surface area (Å²) in [5.41, 5.74) is 3.82. The van der Waals surface area contributed by atoms with Gasteiger partial charge in [-0.1, -0.05) is 50.2 Å². The molecule has 1 aliphatic heterocycles. The molecule has 1 fully saturated rings. The highest BCUT2D eigenvalue weighted by atomic mass is 32.2. The number of carbonyl (C=O) groups is 2. The Bertz CT molecular complexity index is 804. The molecular formula is C20H22N2O2S. The summed E-state index contributed by atoms with van der Waals surface area (Å²) in [6.07, 6.45) is 0. The van der Waals surface area contributed by atoms with Crippen molar-refractivity contribution < 1.29 is 9.59 Å². The summed E-state index contributed by atoms with van der Waals surface area (Å²) in [6, 6.07) is 15.7. The van der Waals surface area contributed by atoms with Crippen molar-refractivity contribution in [3.8, 4) is 0 Å². The summed E-state index contributed by atoms with van der Waals surface area (Å²) < 4.78 is 0. The van der Waals surface area contributed by atoms with Gasteiger partial charge in [-0.15, -0.1) is 11.8 Å². The molecule has 0 bridgehead atoms. The molecule has 2 amide bonds. The predicted octanol–water partition coefficient (Wildman–Crippen LogP) is 4.55. The van der Waals surface area contributed by atoms with Crippen LogP contribution in [-0.4, -0.2) is 17.6 Å². The van der Waals surface area contributed by atoms with E-state index in [1.807, 2.05) is 47.4 Å². The van der Waals surface area contributed by atoms with E-state index >= 15 is 0 Å². The van der Waals surface area contributed by atoms with Crippen molar-refractivity contribution in [1.29, 1.82) is 0 Å². The number of nitrogens with one attached hydrogen (secondary N) is 1. The van der Waals surface area contributed by atoms with Gasteiger partial charge in [-0.3, -0.25) is 14.5 Å². The monoisotopic (exact) mass is 354 g/mol. The van der Waals surface area contributed by atoms with E-state index in [9.17, 15) is 9.59 Å². The maximum absolute atomic E-state index is 12.7. The minimum absolute atomic E-state index is 0.0979. The molecule has 1 aliphatic rings. The van der Waals surface area contributed by atoms with Gasteiger partial charge in [0, 0.05) is 23.9 Å². The number of thioether (sulfide) groups is 1. The van der Waals surface area contributed by atoms with Crippen molar-refractivity contribution >= 4 is 35.0 Å². The molecule has 130 valence electrons. The van der Waals surface area contributed by atoms with Crippen molar-refractivity contribution in [1.82, 2.24) is 0 Å². The zero-order chi connectivity index (χ0) is 18.0. The van der Waals surface area contributed by atoms with E-state index in [1.54, 1.807) is 11.8 Å². The largest absolute Gasteiger partial charge is 0.326 e. The van der Waals surface area contributed by atoms with Gasteiger partial charge in [0.05, 0.1) is 5.75 Å². The highest BCUT2D eigenvalue weighted by Gasteiger charge is 2.36. The zero-order valence-electron chi connectivity index (χ0n) is 14.7. The van der Waals surface area contributed by atoms with Gasteiger partial charge < -0.3 is 5.32 Å². The molecule has 0 radical (unpaired) electrons. The molecule has 4 nitrogen and oxygen atoms in total. The molecule has 1 atom stereocenters. The molecule has 2 aromatic carbocycles. The van der Waals surface area contributed by atoms with Gasteiger partial charge in [0.15, 0.2) is 0 Å². The van der Waals surface area contributed by atoms with Crippen LogP contribution < -0.4 is 10.2 Å². The first-order valence-electron chi connectivity index (χ1n) is 8.38. The van der Waals surface area contributed by atoms with E-state index in [0.29, 0.717) is 11.7 Å². The molecule has 1 unspecified atom stereocenters. The van der Waals surface area contributed by atoms with Crippen LogP contribution >= 0.6 is 11.8 Å². The average Bonchev–Trinajstić information content (AvgIpc) is 2.96. The standard InChI is InChI=1S/C20H22N2O2S/c1-13(2)15-8-5-7-11-18(15)22-19(24)12-25-20(22)16-9-4-6-10-17(16)21-14(3)23/h4-11,13,20H,12H2,1-3H3,(H,21,23). The molecule has 2 aromatic rings. The molecule has 1 heterocycles. The van der Waals surface area contributed by atoms with Crippen LogP contribution in [0.3, 0.4) is 0 Å². The summed E-state index contributed by atoms with van der Waals surface area (Å²) in [5.74, 6) is 0.739. The van der Waals surface area contributed by atoms with Crippen LogP contribution in [0.25, 0.3) is 0 Å². The van der Waals surface area contributed by atoms with Crippen molar-refractivity contribution in [2.75, 3.05) is 16.0 Å². The van der Waals surface area contributed by atoms with Gasteiger partial charge in [0.2, 0.25) is 11.8 Å². The number of nitrogens with zero attached hydrogens (tertiary/aromatic N) is 1. The quantitative estimate of drug-likeness (QED) is 0.876. The Morgan fingerprint density at radius 1 is 1.16 bits per heavy atom. The predicted molar refractivity (Wildman–Crippen MR) is 104 cm³/mol. The Balaban J connectivity index is 2.06. The molecule has 1 saturated heterocycles. The van der Waals surface area contributed by atoms with Crippen LogP contribution in [0.1, 0.15) is 43.2 Å². The lowest BCUT2D eigenvalue weighted by atomic mass is 10.00. The Hall–Kier alpha value is -2.27. The van der Waals surface area contributed by atoms with E-state index in [4.69, 9.17) is 0 Å². The van der Waals surface area contributed by atoms with Crippen LogP contribution in [-0.2, 0) is 9.59 Å². The molecular weight excluding hydrogens is 332 g/mol. The SMILES string of the molecule is CC(=O)Nc1ccccc1C1SCC(=O)N1c1ccccc1C(C)C. The number of hydrogen-bond acceptors (Lipinski definition) is 3. The molecule has 0 aromatic heterocycles. The van der Waals surface area contributed by atoms with E-state index < -0.39 is 0 Å². The van der Waals surface area contributed by atoms with Crippen LogP contribution in [0.5, 0.6) is 0 Å². The summed E-state index contributed by atoms with van der Waals surface area (Å²) in [4.78, 5) is 26.1. The Morgan fingerprint density at radius 2 is 1.84 bits per heavy atom. The van der Waals surface area contributed by atoms with E-state index in [0.717, 1.165) is 22.5 Å². The molecule has 1 N–H and O–H groups in total.